The van der Waals surface area contributed by atoms with E-state index in [0.29, 0.717) is 38.4 Å². The zero-order valence-electron chi connectivity index (χ0n) is 27.6. The van der Waals surface area contributed by atoms with Crippen LogP contribution in [0.5, 0.6) is 0 Å². The maximum atomic E-state index is 14.1. The third kappa shape index (κ3) is 8.26. The van der Waals surface area contributed by atoms with E-state index in [2.05, 4.69) is 34.3 Å². The molecular weight excluding hydrogens is 594 g/mol. The van der Waals surface area contributed by atoms with Crippen molar-refractivity contribution < 1.29 is 19.2 Å². The lowest BCUT2D eigenvalue weighted by Crippen LogP contribution is -2.58. The van der Waals surface area contributed by atoms with E-state index in [1.165, 1.54) is 0 Å². The summed E-state index contributed by atoms with van der Waals surface area (Å²) in [7, 11) is 2.09. The summed E-state index contributed by atoms with van der Waals surface area (Å²) in [4.78, 5) is 65.1. The van der Waals surface area contributed by atoms with Gasteiger partial charge >= 0.3 is 0 Å². The number of hydrogen-bond acceptors (Lipinski definition) is 7. The van der Waals surface area contributed by atoms with Crippen molar-refractivity contribution in [3.05, 3.63) is 71.8 Å². The topological polar surface area (TPSA) is 140 Å². The number of hydrogen-bond donors (Lipinski definition) is 3. The Labute approximate surface area is 277 Å². The molecule has 4 amide bonds. The van der Waals surface area contributed by atoms with E-state index in [9.17, 15) is 19.2 Å². The Morgan fingerprint density at radius 2 is 1.60 bits per heavy atom. The van der Waals surface area contributed by atoms with E-state index in [-0.39, 0.29) is 30.3 Å². The molecule has 11 nitrogen and oxygen atoms in total. The third-order valence-electron chi connectivity index (χ3n) is 9.93. The zero-order chi connectivity index (χ0) is 33.5. The molecule has 252 valence electrons. The first kappa shape index (κ1) is 34.3. The van der Waals surface area contributed by atoms with Crippen molar-refractivity contribution in [2.75, 3.05) is 26.7 Å². The number of likely N-dealkylation sites (N-methyl/N-ethyl adjacent to an activating group) is 1. The summed E-state index contributed by atoms with van der Waals surface area (Å²) >= 11 is 0. The van der Waals surface area contributed by atoms with E-state index in [1.807, 2.05) is 72.5 Å². The van der Waals surface area contributed by atoms with E-state index in [1.54, 1.807) is 4.90 Å². The first-order chi connectivity index (χ1) is 22.7. The first-order valence-corrected chi connectivity index (χ1v) is 16.9. The van der Waals surface area contributed by atoms with Crippen molar-refractivity contribution in [3.8, 4) is 0 Å². The van der Waals surface area contributed by atoms with Crippen molar-refractivity contribution in [1.29, 1.82) is 0 Å². The molecule has 0 saturated carbocycles. The highest BCUT2D eigenvalue weighted by molar-refractivity contribution is 5.96. The summed E-state index contributed by atoms with van der Waals surface area (Å²) < 4.78 is 0. The second kappa shape index (κ2) is 15.7. The van der Waals surface area contributed by atoms with Crippen LogP contribution in [0.2, 0.25) is 0 Å². The molecule has 3 aliphatic heterocycles. The van der Waals surface area contributed by atoms with Crippen LogP contribution in [-0.4, -0.2) is 114 Å². The number of nitrogens with zero attached hydrogens (tertiary/aromatic N) is 4. The summed E-state index contributed by atoms with van der Waals surface area (Å²) in [5.41, 5.74) is 8.05. The molecule has 0 spiro atoms. The molecule has 2 aromatic rings. The van der Waals surface area contributed by atoms with Gasteiger partial charge in [0, 0.05) is 44.2 Å². The summed E-state index contributed by atoms with van der Waals surface area (Å²) in [6.45, 7) is 7.62. The second-order valence-electron chi connectivity index (χ2n) is 13.4. The summed E-state index contributed by atoms with van der Waals surface area (Å²) in [5, 5.41) is 5.79. The van der Waals surface area contributed by atoms with Crippen LogP contribution in [0.15, 0.2) is 65.7 Å². The maximum Gasteiger partial charge on any atom is 0.246 e. The maximum absolute atomic E-state index is 14.1. The van der Waals surface area contributed by atoms with Gasteiger partial charge in [-0.2, -0.15) is 0 Å². The second-order valence-corrected chi connectivity index (χ2v) is 13.4. The highest BCUT2D eigenvalue weighted by Gasteiger charge is 2.49. The van der Waals surface area contributed by atoms with Crippen LogP contribution < -0.4 is 16.4 Å². The van der Waals surface area contributed by atoms with Crippen molar-refractivity contribution >= 4 is 30.3 Å². The number of benzene rings is 2. The highest BCUT2D eigenvalue weighted by atomic mass is 16.2. The Bertz CT molecular complexity index is 1400. The molecule has 3 fully saturated rings. The number of nitrogens with two attached hydrogens (primary N) is 1. The number of fused-ring (bicyclic) bond motifs is 2. The lowest BCUT2D eigenvalue weighted by Gasteiger charge is -2.38. The Morgan fingerprint density at radius 1 is 0.936 bits per heavy atom. The fourth-order valence-corrected chi connectivity index (χ4v) is 7.38. The molecule has 0 aromatic heterocycles. The molecule has 7 unspecified atom stereocenters. The molecule has 2 aromatic carbocycles. The average Bonchev–Trinajstić information content (AvgIpc) is 3.73. The monoisotopic (exact) mass is 643 g/mol. The molecule has 11 heteroatoms. The molecule has 47 heavy (non-hydrogen) atoms. The van der Waals surface area contributed by atoms with Gasteiger partial charge in [-0.05, 0) is 70.3 Å². The van der Waals surface area contributed by atoms with Gasteiger partial charge in [-0.15, -0.1) is 0 Å². The lowest BCUT2D eigenvalue weighted by atomic mass is 10.0. The Kier molecular flexibility index (Phi) is 11.4. The Hall–Kier alpha value is -4.09. The van der Waals surface area contributed by atoms with E-state index < -0.39 is 36.0 Å². The zero-order valence-corrected chi connectivity index (χ0v) is 27.6. The van der Waals surface area contributed by atoms with Gasteiger partial charge < -0.3 is 31.2 Å². The lowest BCUT2D eigenvalue weighted by molar-refractivity contribution is -0.147. The van der Waals surface area contributed by atoms with Gasteiger partial charge in [0.15, 0.2) is 0 Å². The Morgan fingerprint density at radius 3 is 2.19 bits per heavy atom. The van der Waals surface area contributed by atoms with E-state index in [4.69, 9.17) is 5.73 Å². The third-order valence-corrected chi connectivity index (χ3v) is 9.93. The molecule has 3 heterocycles. The van der Waals surface area contributed by atoms with Crippen molar-refractivity contribution in [3.63, 3.8) is 0 Å². The van der Waals surface area contributed by atoms with Crippen LogP contribution in [-0.2, 0) is 32.0 Å². The molecule has 4 N–H and O–H groups in total. The standard InChI is InChI=1S/C36H49N7O4/c1-24-18-31(35(46)43(24)32(16-10-11-17-38-2)36(47)42-23-27-21-28(42)22-41(27)3)40-34(45)30(20-26-14-8-5-9-15-26)39-33(44)29(37)19-25-12-6-4-7-13-25/h4-9,12-15,24,27-32H,2,10-11,16-23,37H2,1,3H3,(H,39,44)(H,40,45). The quantitative estimate of drug-likeness (QED) is 0.199. The molecule has 7 atom stereocenters. The Balaban J connectivity index is 1.28. The van der Waals surface area contributed by atoms with Crippen LogP contribution in [0.4, 0.5) is 0 Å². The molecule has 2 bridgehead atoms. The normalized spacial score (nSPS) is 24.2. The van der Waals surface area contributed by atoms with Gasteiger partial charge in [0.25, 0.3) is 0 Å². The minimum absolute atomic E-state index is 0.00837. The summed E-state index contributed by atoms with van der Waals surface area (Å²) in [6.07, 6.45) is 3.94. The highest BCUT2D eigenvalue weighted by Crippen LogP contribution is 2.33. The SMILES string of the molecule is C=NCCCCC(C(=O)N1CC2CC1CN2C)N1C(=O)C(NC(=O)C(Cc2ccccc2)NC(=O)C(N)Cc2ccccc2)CC1C. The minimum Gasteiger partial charge on any atom is -0.343 e. The summed E-state index contributed by atoms with van der Waals surface area (Å²) in [6, 6.07) is 16.0. The molecule has 3 saturated heterocycles. The van der Waals surface area contributed by atoms with Crippen LogP contribution in [0.1, 0.15) is 50.2 Å². The fourth-order valence-electron chi connectivity index (χ4n) is 7.38. The average molecular weight is 644 g/mol. The summed E-state index contributed by atoms with van der Waals surface area (Å²) in [5.74, 6) is -1.17. The molecule has 5 rings (SSSR count). The van der Waals surface area contributed by atoms with E-state index >= 15 is 0 Å². The van der Waals surface area contributed by atoms with Crippen LogP contribution in [0.25, 0.3) is 0 Å². The van der Waals surface area contributed by atoms with Gasteiger partial charge in [0.05, 0.1) is 6.04 Å². The number of likely N-dealkylation sites (tertiary alicyclic amines) is 3. The predicted molar refractivity (Wildman–Crippen MR) is 182 cm³/mol. The van der Waals surface area contributed by atoms with Crippen molar-refractivity contribution in [2.24, 2.45) is 10.7 Å². The molecule has 3 aliphatic rings. The van der Waals surface area contributed by atoms with Gasteiger partial charge in [0.1, 0.15) is 18.1 Å². The number of nitrogens with one attached hydrogen (secondary N) is 2. The minimum atomic E-state index is -0.940. The number of carbonyl (C=O) groups excluding carboxylic acids is 4. The molecule has 0 radical (unpaired) electrons. The predicted octanol–water partition coefficient (Wildman–Crippen LogP) is 1.54. The van der Waals surface area contributed by atoms with Crippen LogP contribution in [0, 0.1) is 0 Å². The fraction of sp³-hybridized carbons (Fsp3) is 0.528. The van der Waals surface area contributed by atoms with Crippen LogP contribution >= 0.6 is 0 Å². The largest absolute Gasteiger partial charge is 0.343 e. The molecule has 0 aliphatic carbocycles. The van der Waals surface area contributed by atoms with Crippen LogP contribution in [0.3, 0.4) is 0 Å². The number of rotatable bonds is 15. The smallest absolute Gasteiger partial charge is 0.246 e. The van der Waals surface area contributed by atoms with Gasteiger partial charge in [-0.3, -0.25) is 24.1 Å². The van der Waals surface area contributed by atoms with E-state index in [0.717, 1.165) is 36.9 Å². The number of amides is 4. The number of piperazine rings is 1. The van der Waals surface area contributed by atoms with Gasteiger partial charge in [-0.25, -0.2) is 0 Å². The van der Waals surface area contributed by atoms with Gasteiger partial charge in [-0.1, -0.05) is 60.7 Å². The first-order valence-electron chi connectivity index (χ1n) is 16.9. The number of carbonyl (C=O) groups is 4. The van der Waals surface area contributed by atoms with Crippen molar-refractivity contribution in [1.82, 2.24) is 25.3 Å². The van der Waals surface area contributed by atoms with Crippen molar-refractivity contribution in [2.45, 2.75) is 94.2 Å². The number of unbranched alkanes of at least 4 members (excludes halogenated alkanes) is 1. The molecular formula is C36H49N7O4. The number of aliphatic imine (C=N–C) groups is 1. The van der Waals surface area contributed by atoms with Gasteiger partial charge in [0.2, 0.25) is 23.6 Å².